The first-order valence-corrected chi connectivity index (χ1v) is 7.53. The van der Waals surface area contributed by atoms with Crippen LogP contribution in [0.5, 0.6) is 0 Å². The van der Waals surface area contributed by atoms with E-state index in [0.717, 1.165) is 6.42 Å². The van der Waals surface area contributed by atoms with E-state index in [1.807, 2.05) is 26.0 Å². The molecule has 0 radical (unpaired) electrons. The van der Waals surface area contributed by atoms with Gasteiger partial charge >= 0.3 is 0 Å². The molecular formula is C17H22N4O. The van der Waals surface area contributed by atoms with Crippen molar-refractivity contribution in [1.82, 2.24) is 15.5 Å². The number of hydrogen-bond acceptors (Lipinski definition) is 4. The Balaban J connectivity index is 1.95. The number of benzene rings is 1. The van der Waals surface area contributed by atoms with E-state index in [4.69, 9.17) is 0 Å². The molecule has 1 heterocycles. The van der Waals surface area contributed by atoms with Gasteiger partial charge in [-0.05, 0) is 43.5 Å². The number of nitrogens with zero attached hydrogens (tertiary/aromatic N) is 2. The summed E-state index contributed by atoms with van der Waals surface area (Å²) in [5, 5.41) is 14.1. The Bertz CT molecular complexity index is 625. The fourth-order valence-electron chi connectivity index (χ4n) is 1.94. The van der Waals surface area contributed by atoms with Gasteiger partial charge in [0.15, 0.2) is 5.69 Å². The second-order valence-electron chi connectivity index (χ2n) is 5.37. The number of amides is 1. The Labute approximate surface area is 131 Å². The zero-order valence-corrected chi connectivity index (χ0v) is 13.3. The number of rotatable bonds is 6. The van der Waals surface area contributed by atoms with E-state index in [2.05, 4.69) is 39.9 Å². The lowest BCUT2D eigenvalue weighted by atomic mass is 10.1. The number of nitrogens with one attached hydrogen (secondary N) is 2. The highest BCUT2D eigenvalue weighted by Crippen LogP contribution is 2.10. The molecule has 116 valence electrons. The maximum Gasteiger partial charge on any atom is 0.272 e. The lowest BCUT2D eigenvalue weighted by Gasteiger charge is -2.11. The van der Waals surface area contributed by atoms with Gasteiger partial charge in [0.05, 0.1) is 0 Å². The molecule has 0 saturated carbocycles. The summed E-state index contributed by atoms with van der Waals surface area (Å²) < 4.78 is 0. The highest BCUT2D eigenvalue weighted by Gasteiger charge is 2.10. The zero-order chi connectivity index (χ0) is 15.9. The van der Waals surface area contributed by atoms with Gasteiger partial charge in [-0.1, -0.05) is 31.2 Å². The zero-order valence-electron chi connectivity index (χ0n) is 13.3. The molecule has 5 heteroatoms. The summed E-state index contributed by atoms with van der Waals surface area (Å²) in [7, 11) is 0. The number of aromatic nitrogens is 2. The van der Waals surface area contributed by atoms with Gasteiger partial charge in [-0.3, -0.25) is 4.79 Å². The van der Waals surface area contributed by atoms with Crippen molar-refractivity contribution in [3.63, 3.8) is 0 Å². The largest absolute Gasteiger partial charge is 0.364 e. The van der Waals surface area contributed by atoms with Crippen molar-refractivity contribution in [3.05, 3.63) is 53.2 Å². The van der Waals surface area contributed by atoms with Crippen LogP contribution in [0.1, 0.15) is 41.9 Å². The molecule has 0 saturated heterocycles. The normalized spacial score (nSPS) is 11.8. The summed E-state index contributed by atoms with van der Waals surface area (Å²) in [4.78, 5) is 11.9. The van der Waals surface area contributed by atoms with Crippen molar-refractivity contribution < 1.29 is 4.79 Å². The van der Waals surface area contributed by atoms with Gasteiger partial charge in [0.1, 0.15) is 5.82 Å². The van der Waals surface area contributed by atoms with Gasteiger partial charge in [0.25, 0.3) is 5.91 Å². The molecule has 22 heavy (non-hydrogen) atoms. The maximum atomic E-state index is 11.9. The van der Waals surface area contributed by atoms with Crippen LogP contribution >= 0.6 is 0 Å². The Morgan fingerprint density at radius 2 is 1.95 bits per heavy atom. The topological polar surface area (TPSA) is 66.9 Å². The van der Waals surface area contributed by atoms with E-state index in [-0.39, 0.29) is 11.9 Å². The molecule has 1 unspecified atom stereocenters. The lowest BCUT2D eigenvalue weighted by Crippen LogP contribution is -2.32. The number of anilines is 1. The third-order valence-electron chi connectivity index (χ3n) is 3.61. The smallest absolute Gasteiger partial charge is 0.272 e. The SMILES string of the molecule is CCC(C)NC(=O)c1ccc(NCc2ccccc2C)nn1. The van der Waals surface area contributed by atoms with Crippen molar-refractivity contribution in [3.8, 4) is 0 Å². The van der Waals surface area contributed by atoms with Crippen molar-refractivity contribution in [2.75, 3.05) is 5.32 Å². The standard InChI is InChI=1S/C17H22N4O/c1-4-13(3)19-17(22)15-9-10-16(21-20-15)18-11-14-8-6-5-7-12(14)2/h5-10,13H,4,11H2,1-3H3,(H,18,21)(H,19,22). The molecule has 1 aromatic heterocycles. The summed E-state index contributed by atoms with van der Waals surface area (Å²) in [6.07, 6.45) is 0.884. The average Bonchev–Trinajstić information content (AvgIpc) is 2.54. The minimum absolute atomic E-state index is 0.133. The Hall–Kier alpha value is -2.43. The van der Waals surface area contributed by atoms with Crippen molar-refractivity contribution in [2.45, 2.75) is 39.8 Å². The van der Waals surface area contributed by atoms with Gasteiger partial charge in [0.2, 0.25) is 0 Å². The minimum Gasteiger partial charge on any atom is -0.364 e. The fraction of sp³-hybridized carbons (Fsp3) is 0.353. The van der Waals surface area contributed by atoms with Gasteiger partial charge in [-0.2, -0.15) is 0 Å². The van der Waals surface area contributed by atoms with E-state index in [1.165, 1.54) is 11.1 Å². The van der Waals surface area contributed by atoms with Crippen LogP contribution in [0.2, 0.25) is 0 Å². The van der Waals surface area contributed by atoms with Crippen LogP contribution < -0.4 is 10.6 Å². The molecule has 2 rings (SSSR count). The third-order valence-corrected chi connectivity index (χ3v) is 3.61. The quantitative estimate of drug-likeness (QED) is 0.860. The molecule has 0 bridgehead atoms. The molecule has 5 nitrogen and oxygen atoms in total. The van der Waals surface area contributed by atoms with Gasteiger partial charge < -0.3 is 10.6 Å². The number of aryl methyl sites for hydroxylation is 1. The molecular weight excluding hydrogens is 276 g/mol. The van der Waals surface area contributed by atoms with Crippen LogP contribution in [0.25, 0.3) is 0 Å². The monoisotopic (exact) mass is 298 g/mol. The second kappa shape index (κ2) is 7.54. The van der Waals surface area contributed by atoms with E-state index < -0.39 is 0 Å². The number of carbonyl (C=O) groups excluding carboxylic acids is 1. The van der Waals surface area contributed by atoms with Crippen molar-refractivity contribution in [1.29, 1.82) is 0 Å². The van der Waals surface area contributed by atoms with E-state index >= 15 is 0 Å². The maximum absolute atomic E-state index is 11.9. The number of hydrogen-bond donors (Lipinski definition) is 2. The molecule has 1 amide bonds. The van der Waals surface area contributed by atoms with Crippen molar-refractivity contribution in [2.24, 2.45) is 0 Å². The van der Waals surface area contributed by atoms with E-state index in [9.17, 15) is 4.79 Å². The Morgan fingerprint density at radius 1 is 1.18 bits per heavy atom. The van der Waals surface area contributed by atoms with Gasteiger partial charge in [-0.25, -0.2) is 0 Å². The molecule has 0 aliphatic rings. The van der Waals surface area contributed by atoms with Crippen LogP contribution in [0.4, 0.5) is 5.82 Å². The Morgan fingerprint density at radius 3 is 2.59 bits per heavy atom. The summed E-state index contributed by atoms with van der Waals surface area (Å²) in [6.45, 7) is 6.74. The van der Waals surface area contributed by atoms with Crippen molar-refractivity contribution >= 4 is 11.7 Å². The molecule has 0 fully saturated rings. The van der Waals surface area contributed by atoms with Crippen LogP contribution in [0.15, 0.2) is 36.4 Å². The predicted molar refractivity (Wildman–Crippen MR) is 87.8 cm³/mol. The summed E-state index contributed by atoms with van der Waals surface area (Å²) in [5.74, 6) is 0.468. The lowest BCUT2D eigenvalue weighted by molar-refractivity contribution is 0.0933. The molecule has 0 spiro atoms. The molecule has 1 atom stereocenters. The Kier molecular flexibility index (Phi) is 5.47. The first-order chi connectivity index (χ1) is 10.6. The van der Waals surface area contributed by atoms with Crippen LogP contribution in [-0.2, 0) is 6.54 Å². The van der Waals surface area contributed by atoms with Crippen LogP contribution in [0, 0.1) is 6.92 Å². The predicted octanol–water partition coefficient (Wildman–Crippen LogP) is 2.93. The number of carbonyl (C=O) groups is 1. The highest BCUT2D eigenvalue weighted by atomic mass is 16.2. The molecule has 2 aromatic rings. The van der Waals surface area contributed by atoms with E-state index in [0.29, 0.717) is 18.1 Å². The fourth-order valence-corrected chi connectivity index (χ4v) is 1.94. The second-order valence-corrected chi connectivity index (χ2v) is 5.37. The van der Waals surface area contributed by atoms with E-state index in [1.54, 1.807) is 12.1 Å². The molecule has 0 aliphatic carbocycles. The van der Waals surface area contributed by atoms with Crippen LogP contribution in [0.3, 0.4) is 0 Å². The first kappa shape index (κ1) is 15.9. The minimum atomic E-state index is -0.188. The highest BCUT2D eigenvalue weighted by molar-refractivity contribution is 5.92. The average molecular weight is 298 g/mol. The van der Waals surface area contributed by atoms with Crippen LogP contribution in [-0.4, -0.2) is 22.1 Å². The first-order valence-electron chi connectivity index (χ1n) is 7.53. The summed E-state index contributed by atoms with van der Waals surface area (Å²) in [5.41, 5.74) is 2.78. The summed E-state index contributed by atoms with van der Waals surface area (Å²) >= 11 is 0. The summed E-state index contributed by atoms with van der Waals surface area (Å²) in [6, 6.07) is 11.8. The molecule has 2 N–H and O–H groups in total. The molecule has 1 aromatic carbocycles. The molecule has 0 aliphatic heterocycles. The third kappa shape index (κ3) is 4.28. The van der Waals surface area contributed by atoms with Gasteiger partial charge in [0, 0.05) is 12.6 Å². The van der Waals surface area contributed by atoms with Gasteiger partial charge in [-0.15, -0.1) is 10.2 Å².